The molecule has 0 spiro atoms. The monoisotopic (exact) mass is 278 g/mol. The summed E-state index contributed by atoms with van der Waals surface area (Å²) in [7, 11) is 2.11. The highest BCUT2D eigenvalue weighted by Gasteiger charge is 2.28. The van der Waals surface area contributed by atoms with Crippen molar-refractivity contribution in [2.45, 2.75) is 38.8 Å². The molecule has 1 aliphatic heterocycles. The lowest BCUT2D eigenvalue weighted by atomic mass is 10.1. The van der Waals surface area contributed by atoms with Gasteiger partial charge in [-0.3, -0.25) is 9.69 Å². The molecule has 1 aromatic carbocycles. The zero-order valence-electron chi connectivity index (χ0n) is 12.5. The minimum atomic E-state index is -0.234. The van der Waals surface area contributed by atoms with Crippen molar-refractivity contribution in [2.75, 3.05) is 20.1 Å². The van der Waals surface area contributed by atoms with Gasteiger partial charge < -0.3 is 4.90 Å². The first-order valence-electron chi connectivity index (χ1n) is 7.21. The van der Waals surface area contributed by atoms with Crippen molar-refractivity contribution >= 4 is 5.91 Å². The molecular formula is C16H23FN2O. The number of hydrogen-bond acceptors (Lipinski definition) is 2. The molecule has 20 heavy (non-hydrogen) atoms. The van der Waals surface area contributed by atoms with Crippen LogP contribution in [0.4, 0.5) is 4.39 Å². The Morgan fingerprint density at radius 3 is 2.30 bits per heavy atom. The Kier molecular flexibility index (Phi) is 4.76. The van der Waals surface area contributed by atoms with Gasteiger partial charge in [0, 0.05) is 31.6 Å². The van der Waals surface area contributed by atoms with Crippen molar-refractivity contribution in [2.24, 2.45) is 0 Å². The molecule has 0 N–H and O–H groups in total. The smallest absolute Gasteiger partial charge is 0.223 e. The van der Waals surface area contributed by atoms with Gasteiger partial charge in [-0.1, -0.05) is 12.1 Å². The van der Waals surface area contributed by atoms with Gasteiger partial charge in [-0.25, -0.2) is 4.39 Å². The van der Waals surface area contributed by atoms with Gasteiger partial charge in [0.05, 0.1) is 0 Å². The van der Waals surface area contributed by atoms with Crippen LogP contribution in [0.15, 0.2) is 24.3 Å². The second kappa shape index (κ2) is 6.35. The predicted molar refractivity (Wildman–Crippen MR) is 78.0 cm³/mol. The first-order valence-corrected chi connectivity index (χ1v) is 7.21. The minimum Gasteiger partial charge on any atom is -0.340 e. The summed E-state index contributed by atoms with van der Waals surface area (Å²) in [5.74, 6) is -0.0390. The van der Waals surface area contributed by atoms with Crippen molar-refractivity contribution in [1.82, 2.24) is 9.80 Å². The second-order valence-electron chi connectivity index (χ2n) is 5.79. The molecule has 1 saturated heterocycles. The van der Waals surface area contributed by atoms with E-state index in [0.717, 1.165) is 18.7 Å². The van der Waals surface area contributed by atoms with Crippen molar-refractivity contribution < 1.29 is 9.18 Å². The summed E-state index contributed by atoms with van der Waals surface area (Å²) >= 11 is 0. The quantitative estimate of drug-likeness (QED) is 0.847. The largest absolute Gasteiger partial charge is 0.340 e. The molecular weight excluding hydrogens is 255 g/mol. The SMILES string of the molecule is CC1CN(C(=O)CCc2ccc(F)cc2)CC(C)N1C. The predicted octanol–water partition coefficient (Wildman–Crippen LogP) is 2.31. The van der Waals surface area contributed by atoms with E-state index < -0.39 is 0 Å². The molecule has 1 aromatic rings. The fraction of sp³-hybridized carbons (Fsp3) is 0.562. The van der Waals surface area contributed by atoms with E-state index in [1.54, 1.807) is 12.1 Å². The molecule has 2 atom stereocenters. The van der Waals surface area contributed by atoms with E-state index in [1.165, 1.54) is 12.1 Å². The molecule has 2 rings (SSSR count). The molecule has 110 valence electrons. The van der Waals surface area contributed by atoms with Crippen molar-refractivity contribution in [3.63, 3.8) is 0 Å². The summed E-state index contributed by atoms with van der Waals surface area (Å²) in [6.45, 7) is 5.89. The summed E-state index contributed by atoms with van der Waals surface area (Å²) in [6.07, 6.45) is 1.17. The molecule has 1 fully saturated rings. The maximum absolute atomic E-state index is 12.8. The van der Waals surface area contributed by atoms with Crippen LogP contribution >= 0.6 is 0 Å². The molecule has 1 aliphatic rings. The Balaban J connectivity index is 1.87. The summed E-state index contributed by atoms with van der Waals surface area (Å²) in [5.41, 5.74) is 1.01. The normalized spacial score (nSPS) is 23.9. The average molecular weight is 278 g/mol. The highest BCUT2D eigenvalue weighted by molar-refractivity contribution is 5.76. The Labute approximate surface area is 120 Å². The highest BCUT2D eigenvalue weighted by atomic mass is 19.1. The van der Waals surface area contributed by atoms with Gasteiger partial charge >= 0.3 is 0 Å². The topological polar surface area (TPSA) is 23.6 Å². The molecule has 0 aromatic heterocycles. The van der Waals surface area contributed by atoms with Crippen LogP contribution in [0.1, 0.15) is 25.8 Å². The lowest BCUT2D eigenvalue weighted by molar-refractivity contribution is -0.135. The number of aryl methyl sites for hydroxylation is 1. The van der Waals surface area contributed by atoms with E-state index in [-0.39, 0.29) is 11.7 Å². The van der Waals surface area contributed by atoms with E-state index >= 15 is 0 Å². The molecule has 1 heterocycles. The van der Waals surface area contributed by atoms with Crippen LogP contribution < -0.4 is 0 Å². The van der Waals surface area contributed by atoms with Gasteiger partial charge in [0.25, 0.3) is 0 Å². The summed E-state index contributed by atoms with van der Waals surface area (Å²) < 4.78 is 12.8. The number of rotatable bonds is 3. The van der Waals surface area contributed by atoms with E-state index in [2.05, 4.69) is 25.8 Å². The van der Waals surface area contributed by atoms with Gasteiger partial charge in [0.15, 0.2) is 0 Å². The minimum absolute atomic E-state index is 0.195. The number of amides is 1. The highest BCUT2D eigenvalue weighted by Crippen LogP contribution is 2.15. The van der Waals surface area contributed by atoms with Gasteiger partial charge in [0.1, 0.15) is 5.82 Å². The summed E-state index contributed by atoms with van der Waals surface area (Å²) in [5, 5.41) is 0. The molecule has 2 unspecified atom stereocenters. The second-order valence-corrected chi connectivity index (χ2v) is 5.79. The van der Waals surface area contributed by atoms with Crippen LogP contribution in [-0.2, 0) is 11.2 Å². The number of nitrogens with zero attached hydrogens (tertiary/aromatic N) is 2. The molecule has 3 nitrogen and oxygen atoms in total. The lowest BCUT2D eigenvalue weighted by Gasteiger charge is -2.42. The average Bonchev–Trinajstić information content (AvgIpc) is 2.43. The van der Waals surface area contributed by atoms with Gasteiger partial charge in [-0.15, -0.1) is 0 Å². The third-order valence-corrected chi connectivity index (χ3v) is 4.25. The number of likely N-dealkylation sites (N-methyl/N-ethyl adjacent to an activating group) is 1. The van der Waals surface area contributed by atoms with Crippen LogP contribution in [-0.4, -0.2) is 47.9 Å². The first-order chi connectivity index (χ1) is 9.47. The van der Waals surface area contributed by atoms with Crippen LogP contribution in [0.5, 0.6) is 0 Å². The Bertz CT molecular complexity index is 448. The Morgan fingerprint density at radius 1 is 1.20 bits per heavy atom. The number of carbonyl (C=O) groups is 1. The summed E-state index contributed by atoms with van der Waals surface area (Å²) in [6, 6.07) is 7.18. The van der Waals surface area contributed by atoms with E-state index in [9.17, 15) is 9.18 Å². The zero-order chi connectivity index (χ0) is 14.7. The fourth-order valence-electron chi connectivity index (χ4n) is 2.67. The number of hydrogen-bond donors (Lipinski definition) is 0. The van der Waals surface area contributed by atoms with Crippen molar-refractivity contribution in [3.05, 3.63) is 35.6 Å². The van der Waals surface area contributed by atoms with Crippen LogP contribution in [0.3, 0.4) is 0 Å². The lowest BCUT2D eigenvalue weighted by Crippen LogP contribution is -2.56. The Morgan fingerprint density at radius 2 is 1.75 bits per heavy atom. The van der Waals surface area contributed by atoms with Crippen molar-refractivity contribution in [3.8, 4) is 0 Å². The number of piperazine rings is 1. The molecule has 4 heteroatoms. The first kappa shape index (κ1) is 15.0. The standard InChI is InChI=1S/C16H23FN2O/c1-12-10-19(11-13(2)18(12)3)16(20)9-6-14-4-7-15(17)8-5-14/h4-5,7-8,12-13H,6,9-11H2,1-3H3. The fourth-order valence-corrected chi connectivity index (χ4v) is 2.67. The van der Waals surface area contributed by atoms with Gasteiger partial charge in [-0.05, 0) is 45.0 Å². The molecule has 0 radical (unpaired) electrons. The number of benzene rings is 1. The van der Waals surface area contributed by atoms with Crippen molar-refractivity contribution in [1.29, 1.82) is 0 Å². The summed E-state index contributed by atoms with van der Waals surface area (Å²) in [4.78, 5) is 16.5. The van der Waals surface area contributed by atoms with E-state index in [0.29, 0.717) is 24.9 Å². The van der Waals surface area contributed by atoms with E-state index in [4.69, 9.17) is 0 Å². The number of halogens is 1. The van der Waals surface area contributed by atoms with Crippen LogP contribution in [0, 0.1) is 5.82 Å². The molecule has 0 bridgehead atoms. The Hall–Kier alpha value is -1.42. The van der Waals surface area contributed by atoms with Crippen LogP contribution in [0.2, 0.25) is 0 Å². The van der Waals surface area contributed by atoms with Gasteiger partial charge in [-0.2, -0.15) is 0 Å². The third kappa shape index (κ3) is 3.57. The van der Waals surface area contributed by atoms with Gasteiger partial charge in [0.2, 0.25) is 5.91 Å². The zero-order valence-corrected chi connectivity index (χ0v) is 12.5. The molecule has 1 amide bonds. The van der Waals surface area contributed by atoms with Crippen LogP contribution in [0.25, 0.3) is 0 Å². The van der Waals surface area contributed by atoms with E-state index in [1.807, 2.05) is 4.90 Å². The third-order valence-electron chi connectivity index (χ3n) is 4.25. The number of carbonyl (C=O) groups excluding carboxylic acids is 1. The molecule has 0 aliphatic carbocycles. The molecule has 0 saturated carbocycles. The maximum Gasteiger partial charge on any atom is 0.223 e. The maximum atomic E-state index is 12.8.